The maximum atomic E-state index is 14.2. The second-order valence-corrected chi connectivity index (χ2v) is 9.85. The van der Waals surface area contributed by atoms with Gasteiger partial charge in [-0.05, 0) is 71.6 Å². The maximum absolute atomic E-state index is 14.2. The van der Waals surface area contributed by atoms with Crippen molar-refractivity contribution in [2.75, 3.05) is 0 Å². The second kappa shape index (κ2) is 11.6. The molecule has 3 aromatic carbocycles. The van der Waals surface area contributed by atoms with Crippen LogP contribution in [0.25, 0.3) is 22.0 Å². The van der Waals surface area contributed by atoms with Crippen LogP contribution in [0.1, 0.15) is 38.8 Å². The Bertz CT molecular complexity index is 1830. The lowest BCUT2D eigenvalue weighted by Crippen LogP contribution is -2.32. The Morgan fingerprint density at radius 1 is 0.953 bits per heavy atom. The third-order valence-corrected chi connectivity index (χ3v) is 6.85. The number of primary amides is 1. The number of nitrogens with one attached hydrogen (secondary N) is 2. The number of rotatable bonds is 8. The molecule has 5 rings (SSSR count). The molecule has 4 N–H and O–H groups in total. The Morgan fingerprint density at radius 2 is 1.70 bits per heavy atom. The number of alkyl halides is 3. The first-order valence-electron chi connectivity index (χ1n) is 12.8. The monoisotopic (exact) mass is 596 g/mol. The van der Waals surface area contributed by atoms with Gasteiger partial charge in [0.15, 0.2) is 0 Å². The van der Waals surface area contributed by atoms with E-state index < -0.39 is 47.0 Å². The van der Waals surface area contributed by atoms with Gasteiger partial charge in [-0.25, -0.2) is 13.2 Å². The Morgan fingerprint density at radius 3 is 2.40 bits per heavy atom. The minimum absolute atomic E-state index is 0.138. The minimum Gasteiger partial charge on any atom is -0.366 e. The average molecular weight is 597 g/mol. The van der Waals surface area contributed by atoms with Gasteiger partial charge in [-0.2, -0.15) is 13.2 Å². The van der Waals surface area contributed by atoms with Crippen molar-refractivity contribution in [2.45, 2.75) is 25.1 Å². The van der Waals surface area contributed by atoms with E-state index in [1.54, 1.807) is 12.1 Å². The van der Waals surface area contributed by atoms with Crippen LogP contribution < -0.4 is 11.1 Å². The van der Waals surface area contributed by atoms with E-state index in [0.29, 0.717) is 28.3 Å². The van der Waals surface area contributed by atoms with Crippen molar-refractivity contribution in [1.29, 1.82) is 0 Å². The summed E-state index contributed by atoms with van der Waals surface area (Å²) in [5.74, 6) is -4.14. The zero-order valence-corrected chi connectivity index (χ0v) is 22.1. The largest absolute Gasteiger partial charge is 0.416 e. The van der Waals surface area contributed by atoms with Crippen molar-refractivity contribution in [1.82, 2.24) is 15.3 Å². The van der Waals surface area contributed by atoms with E-state index >= 15 is 0 Å². The molecular formula is C31H22F6N4O2. The second-order valence-electron chi connectivity index (χ2n) is 9.85. The number of pyridine rings is 1. The Hall–Kier alpha value is -5.13. The van der Waals surface area contributed by atoms with Crippen LogP contribution in [0.3, 0.4) is 0 Å². The van der Waals surface area contributed by atoms with Crippen molar-refractivity contribution in [3.05, 3.63) is 125 Å². The Balaban J connectivity index is 1.52. The minimum atomic E-state index is -4.58. The highest BCUT2D eigenvalue weighted by molar-refractivity contribution is 5.94. The van der Waals surface area contributed by atoms with Gasteiger partial charge in [-0.15, -0.1) is 0 Å². The molecule has 43 heavy (non-hydrogen) atoms. The summed E-state index contributed by atoms with van der Waals surface area (Å²) in [6.07, 6.45) is -2.21. The zero-order valence-electron chi connectivity index (χ0n) is 22.1. The lowest BCUT2D eigenvalue weighted by molar-refractivity contribution is -0.137. The molecule has 0 aliphatic heterocycles. The fraction of sp³-hybridized carbons (Fsp3) is 0.129. The van der Waals surface area contributed by atoms with Gasteiger partial charge in [-0.1, -0.05) is 12.1 Å². The first kappa shape index (κ1) is 29.4. The molecule has 6 nitrogen and oxygen atoms in total. The van der Waals surface area contributed by atoms with Crippen LogP contribution in [0.5, 0.6) is 0 Å². The highest BCUT2D eigenvalue weighted by Gasteiger charge is 2.31. The fourth-order valence-corrected chi connectivity index (χ4v) is 4.92. The van der Waals surface area contributed by atoms with Crippen LogP contribution >= 0.6 is 0 Å². The summed E-state index contributed by atoms with van der Waals surface area (Å²) in [5.41, 5.74) is 5.85. The van der Waals surface area contributed by atoms with Gasteiger partial charge in [0, 0.05) is 34.9 Å². The lowest BCUT2D eigenvalue weighted by atomic mass is 9.94. The number of amides is 2. The molecule has 0 spiro atoms. The summed E-state index contributed by atoms with van der Waals surface area (Å²) in [4.78, 5) is 32.4. The van der Waals surface area contributed by atoms with Gasteiger partial charge in [0.2, 0.25) is 5.91 Å². The smallest absolute Gasteiger partial charge is 0.366 e. The Labute approximate surface area is 240 Å². The summed E-state index contributed by atoms with van der Waals surface area (Å²) in [5, 5.41) is 2.99. The summed E-state index contributed by atoms with van der Waals surface area (Å²) >= 11 is 0. The van der Waals surface area contributed by atoms with Gasteiger partial charge in [0.1, 0.15) is 17.5 Å². The molecule has 5 aromatic rings. The number of hydrogen-bond acceptors (Lipinski definition) is 3. The van der Waals surface area contributed by atoms with Crippen molar-refractivity contribution in [3.8, 4) is 11.1 Å². The van der Waals surface area contributed by atoms with Crippen LogP contribution in [-0.4, -0.2) is 21.8 Å². The summed E-state index contributed by atoms with van der Waals surface area (Å²) in [6.45, 7) is 0. The summed E-state index contributed by atoms with van der Waals surface area (Å²) in [6, 6.07) is 11.8. The molecule has 0 aliphatic carbocycles. The highest BCUT2D eigenvalue weighted by atomic mass is 19.4. The third kappa shape index (κ3) is 6.53. The SMILES string of the molecule is NC(=O)c1cc(-c2cccnc2C(Cc2cc(F)cc(F)c2)NC(=O)Cc2c[nH]c3ccc(C(F)(F)F)cc23)ccc1F. The number of hydrogen-bond donors (Lipinski definition) is 3. The molecule has 2 aromatic heterocycles. The normalized spacial score (nSPS) is 12.3. The fourth-order valence-electron chi connectivity index (χ4n) is 4.92. The number of carbonyl (C=O) groups is 2. The van der Waals surface area contributed by atoms with E-state index in [1.807, 2.05) is 0 Å². The zero-order chi connectivity index (χ0) is 30.9. The predicted octanol–water partition coefficient (Wildman–Crippen LogP) is 6.41. The molecule has 0 saturated heterocycles. The van der Waals surface area contributed by atoms with Crippen molar-refractivity contribution in [2.24, 2.45) is 5.73 Å². The van der Waals surface area contributed by atoms with E-state index in [9.17, 15) is 35.9 Å². The predicted molar refractivity (Wildman–Crippen MR) is 146 cm³/mol. The number of carbonyl (C=O) groups excluding carboxylic acids is 2. The molecule has 0 fully saturated rings. The molecule has 0 saturated carbocycles. The molecule has 0 aliphatic rings. The first-order valence-corrected chi connectivity index (χ1v) is 12.8. The maximum Gasteiger partial charge on any atom is 0.416 e. The summed E-state index contributed by atoms with van der Waals surface area (Å²) < 4.78 is 82.3. The van der Waals surface area contributed by atoms with Gasteiger partial charge in [-0.3, -0.25) is 14.6 Å². The summed E-state index contributed by atoms with van der Waals surface area (Å²) in [7, 11) is 0. The van der Waals surface area contributed by atoms with E-state index in [0.717, 1.165) is 30.3 Å². The van der Waals surface area contributed by atoms with Crippen LogP contribution in [-0.2, 0) is 23.8 Å². The number of nitrogens with zero attached hydrogens (tertiary/aromatic N) is 1. The molecule has 220 valence electrons. The molecule has 0 bridgehead atoms. The van der Waals surface area contributed by atoms with Gasteiger partial charge in [0.05, 0.1) is 29.3 Å². The van der Waals surface area contributed by atoms with Gasteiger partial charge >= 0.3 is 6.18 Å². The van der Waals surface area contributed by atoms with E-state index in [-0.39, 0.29) is 35.0 Å². The van der Waals surface area contributed by atoms with Crippen LogP contribution in [0, 0.1) is 17.5 Å². The average Bonchev–Trinajstić information content (AvgIpc) is 3.33. The number of benzene rings is 3. The number of H-pyrrole nitrogens is 1. The van der Waals surface area contributed by atoms with Crippen molar-refractivity contribution < 1.29 is 35.9 Å². The van der Waals surface area contributed by atoms with E-state index in [1.165, 1.54) is 30.6 Å². The van der Waals surface area contributed by atoms with Crippen LogP contribution in [0.2, 0.25) is 0 Å². The lowest BCUT2D eigenvalue weighted by Gasteiger charge is -2.22. The molecule has 12 heteroatoms. The number of halogens is 6. The molecule has 0 radical (unpaired) electrons. The third-order valence-electron chi connectivity index (χ3n) is 6.85. The molecular weight excluding hydrogens is 574 g/mol. The van der Waals surface area contributed by atoms with Gasteiger partial charge < -0.3 is 16.0 Å². The standard InChI is InChI=1S/C31H22F6N4O2/c32-20-8-16(9-21(33)14-20)10-27(29-22(2-1-7-39-29)17-3-5-25(34)24(11-17)30(38)43)41-28(42)12-18-15-40-26-6-4-19(13-23(18)26)31(35,36)37/h1-9,11,13-15,27,40H,10,12H2,(H2,38,43)(H,41,42). The molecule has 2 amide bonds. The quantitative estimate of drug-likeness (QED) is 0.181. The van der Waals surface area contributed by atoms with Crippen LogP contribution in [0.15, 0.2) is 79.1 Å². The Kier molecular flexibility index (Phi) is 7.94. The highest BCUT2D eigenvalue weighted by Crippen LogP contribution is 2.33. The van der Waals surface area contributed by atoms with Gasteiger partial charge in [0.25, 0.3) is 5.91 Å². The number of aromatic nitrogens is 2. The van der Waals surface area contributed by atoms with Crippen molar-refractivity contribution in [3.63, 3.8) is 0 Å². The number of aromatic amines is 1. The molecule has 2 heterocycles. The van der Waals surface area contributed by atoms with E-state index in [2.05, 4.69) is 15.3 Å². The first-order chi connectivity index (χ1) is 20.4. The van der Waals surface area contributed by atoms with E-state index in [4.69, 9.17) is 5.73 Å². The van der Waals surface area contributed by atoms with Crippen molar-refractivity contribution >= 4 is 22.7 Å². The number of fused-ring (bicyclic) bond motifs is 1. The number of nitrogens with two attached hydrogens (primary N) is 1. The molecule has 1 atom stereocenters. The van der Waals surface area contributed by atoms with Crippen LogP contribution in [0.4, 0.5) is 26.3 Å². The topological polar surface area (TPSA) is 101 Å². The molecule has 1 unspecified atom stereocenters.